The maximum atomic E-state index is 8.45. The first-order valence-corrected chi connectivity index (χ1v) is 5.61. The third kappa shape index (κ3) is 2.87. The van der Waals surface area contributed by atoms with E-state index in [1.165, 1.54) is 5.57 Å². The van der Waals surface area contributed by atoms with Crippen molar-refractivity contribution in [2.75, 3.05) is 6.61 Å². The largest absolute Gasteiger partial charge is 0.360 e. The topological polar surface area (TPSA) is 53.5 Å². The second-order valence-corrected chi connectivity index (χ2v) is 3.85. The van der Waals surface area contributed by atoms with Crippen LogP contribution in [0.2, 0.25) is 0 Å². The molecule has 4 heteroatoms. The van der Waals surface area contributed by atoms with Gasteiger partial charge in [-0.15, -0.1) is 0 Å². The molecule has 0 aromatic carbocycles. The van der Waals surface area contributed by atoms with Gasteiger partial charge in [-0.25, -0.2) is 4.89 Å². The molecule has 0 saturated heterocycles. The first-order valence-electron chi connectivity index (χ1n) is 5.61. The number of nitrogens with one attached hydrogen (secondary N) is 2. The van der Waals surface area contributed by atoms with Gasteiger partial charge in [0.1, 0.15) is 6.61 Å². The van der Waals surface area contributed by atoms with Crippen molar-refractivity contribution in [1.82, 2.24) is 10.6 Å². The average molecular weight is 232 g/mol. The standard InChI is InChI=1S/C13H16N2O2/c1-2-10-3-5-14-12(7-10)13-8-11(9-17-16)4-6-15-13/h3-8,14-16H,2,9H2,1H3. The SMILES string of the molecule is CCC1=CC(=C2C=C(COO)C=CN2)NC=C1. The number of allylic oxidation sites excluding steroid dienone is 4. The molecule has 0 amide bonds. The number of dihydropyridines is 2. The van der Waals surface area contributed by atoms with E-state index in [0.717, 1.165) is 23.4 Å². The summed E-state index contributed by atoms with van der Waals surface area (Å²) < 4.78 is 0. The summed E-state index contributed by atoms with van der Waals surface area (Å²) >= 11 is 0. The number of rotatable bonds is 3. The lowest BCUT2D eigenvalue weighted by atomic mass is 10.1. The molecule has 0 aliphatic carbocycles. The minimum atomic E-state index is 0.190. The van der Waals surface area contributed by atoms with Crippen molar-refractivity contribution in [3.63, 3.8) is 0 Å². The molecular formula is C13H16N2O2. The van der Waals surface area contributed by atoms with E-state index >= 15 is 0 Å². The number of hydrogen-bond donors (Lipinski definition) is 3. The van der Waals surface area contributed by atoms with Crippen LogP contribution in [0.3, 0.4) is 0 Å². The van der Waals surface area contributed by atoms with Gasteiger partial charge in [-0.05, 0) is 41.9 Å². The lowest BCUT2D eigenvalue weighted by Crippen LogP contribution is -2.18. The molecule has 0 bridgehead atoms. The van der Waals surface area contributed by atoms with Gasteiger partial charge in [0, 0.05) is 12.4 Å². The van der Waals surface area contributed by atoms with Crippen molar-refractivity contribution >= 4 is 0 Å². The van der Waals surface area contributed by atoms with Crippen LogP contribution >= 0.6 is 0 Å². The minimum Gasteiger partial charge on any atom is -0.360 e. The van der Waals surface area contributed by atoms with E-state index in [1.807, 2.05) is 24.6 Å². The quantitative estimate of drug-likeness (QED) is 0.515. The summed E-state index contributed by atoms with van der Waals surface area (Å²) in [6.45, 7) is 2.31. The van der Waals surface area contributed by atoms with Crippen molar-refractivity contribution in [2.24, 2.45) is 0 Å². The van der Waals surface area contributed by atoms with E-state index in [-0.39, 0.29) is 6.61 Å². The lowest BCUT2D eigenvalue weighted by Gasteiger charge is -2.17. The number of hydrogen-bond acceptors (Lipinski definition) is 4. The lowest BCUT2D eigenvalue weighted by molar-refractivity contribution is -0.233. The smallest absolute Gasteiger partial charge is 0.107 e. The highest BCUT2D eigenvalue weighted by Crippen LogP contribution is 2.17. The van der Waals surface area contributed by atoms with Crippen molar-refractivity contribution in [3.05, 3.63) is 59.2 Å². The molecular weight excluding hydrogens is 216 g/mol. The Morgan fingerprint density at radius 1 is 1.06 bits per heavy atom. The van der Waals surface area contributed by atoms with Gasteiger partial charge < -0.3 is 10.6 Å². The van der Waals surface area contributed by atoms with Crippen LogP contribution in [0.5, 0.6) is 0 Å². The monoisotopic (exact) mass is 232 g/mol. The Kier molecular flexibility index (Phi) is 3.80. The van der Waals surface area contributed by atoms with Gasteiger partial charge in [0.05, 0.1) is 11.4 Å². The Hall–Kier alpha value is -1.78. The fourth-order valence-corrected chi connectivity index (χ4v) is 1.72. The van der Waals surface area contributed by atoms with Crippen LogP contribution in [-0.4, -0.2) is 11.9 Å². The van der Waals surface area contributed by atoms with Crippen molar-refractivity contribution < 1.29 is 10.1 Å². The molecule has 0 aromatic heterocycles. The third-order valence-electron chi connectivity index (χ3n) is 2.66. The summed E-state index contributed by atoms with van der Waals surface area (Å²) in [5.41, 5.74) is 4.17. The second-order valence-electron chi connectivity index (χ2n) is 3.85. The van der Waals surface area contributed by atoms with Crippen molar-refractivity contribution in [2.45, 2.75) is 13.3 Å². The summed E-state index contributed by atoms with van der Waals surface area (Å²) in [6.07, 6.45) is 12.7. The molecule has 17 heavy (non-hydrogen) atoms. The van der Waals surface area contributed by atoms with Gasteiger partial charge >= 0.3 is 0 Å². The van der Waals surface area contributed by atoms with Gasteiger partial charge in [-0.1, -0.05) is 6.92 Å². The molecule has 0 aromatic rings. The molecule has 3 N–H and O–H groups in total. The van der Waals surface area contributed by atoms with E-state index in [0.29, 0.717) is 0 Å². The molecule has 0 unspecified atom stereocenters. The van der Waals surface area contributed by atoms with Crippen LogP contribution in [0.25, 0.3) is 0 Å². The highest BCUT2D eigenvalue weighted by atomic mass is 17.1. The van der Waals surface area contributed by atoms with Crippen LogP contribution < -0.4 is 10.6 Å². The fourth-order valence-electron chi connectivity index (χ4n) is 1.72. The molecule has 0 radical (unpaired) electrons. The Labute approximate surface area is 101 Å². The highest BCUT2D eigenvalue weighted by molar-refractivity contribution is 5.44. The molecule has 2 aliphatic heterocycles. The van der Waals surface area contributed by atoms with Crippen LogP contribution in [0.1, 0.15) is 13.3 Å². The summed E-state index contributed by atoms with van der Waals surface area (Å²) in [5.74, 6) is 0. The van der Waals surface area contributed by atoms with Crippen LogP contribution in [0, 0.1) is 0 Å². The van der Waals surface area contributed by atoms with E-state index in [2.05, 4.69) is 34.6 Å². The van der Waals surface area contributed by atoms with Crippen LogP contribution in [0.4, 0.5) is 0 Å². The minimum absolute atomic E-state index is 0.190. The zero-order valence-corrected chi connectivity index (χ0v) is 9.73. The van der Waals surface area contributed by atoms with Gasteiger partial charge in [-0.2, -0.15) is 0 Å². The molecule has 2 aliphatic rings. The molecule has 0 saturated carbocycles. The molecule has 2 rings (SSSR count). The molecule has 0 spiro atoms. The third-order valence-corrected chi connectivity index (χ3v) is 2.66. The predicted molar refractivity (Wildman–Crippen MR) is 66.6 cm³/mol. The van der Waals surface area contributed by atoms with Crippen LogP contribution in [-0.2, 0) is 4.89 Å². The van der Waals surface area contributed by atoms with E-state index in [1.54, 1.807) is 0 Å². The van der Waals surface area contributed by atoms with Crippen molar-refractivity contribution in [1.29, 1.82) is 0 Å². The van der Waals surface area contributed by atoms with E-state index in [4.69, 9.17) is 5.26 Å². The second kappa shape index (κ2) is 5.52. The maximum Gasteiger partial charge on any atom is 0.107 e. The normalized spacial score (nSPS) is 22.7. The van der Waals surface area contributed by atoms with Crippen LogP contribution in [0.15, 0.2) is 59.2 Å². The molecule has 90 valence electrons. The van der Waals surface area contributed by atoms with Gasteiger partial charge in [-0.3, -0.25) is 5.26 Å². The Morgan fingerprint density at radius 2 is 1.65 bits per heavy atom. The molecule has 0 atom stereocenters. The zero-order valence-electron chi connectivity index (χ0n) is 9.73. The van der Waals surface area contributed by atoms with E-state index in [9.17, 15) is 0 Å². The molecule has 0 fully saturated rings. The molecule has 2 heterocycles. The Morgan fingerprint density at radius 3 is 2.24 bits per heavy atom. The van der Waals surface area contributed by atoms with Gasteiger partial charge in [0.25, 0.3) is 0 Å². The summed E-state index contributed by atoms with van der Waals surface area (Å²) in [5, 5.41) is 14.8. The first kappa shape index (κ1) is 11.7. The Balaban J connectivity index is 2.24. The van der Waals surface area contributed by atoms with E-state index < -0.39 is 0 Å². The first-order chi connectivity index (χ1) is 8.33. The van der Waals surface area contributed by atoms with Gasteiger partial charge in [0.15, 0.2) is 0 Å². The zero-order chi connectivity index (χ0) is 12.1. The Bertz CT molecular complexity index is 442. The maximum absolute atomic E-state index is 8.45. The summed E-state index contributed by atoms with van der Waals surface area (Å²) in [6, 6.07) is 0. The summed E-state index contributed by atoms with van der Waals surface area (Å²) in [4.78, 5) is 4.14. The predicted octanol–water partition coefficient (Wildman–Crippen LogP) is 2.18. The summed E-state index contributed by atoms with van der Waals surface area (Å²) in [7, 11) is 0. The highest BCUT2D eigenvalue weighted by Gasteiger charge is 2.08. The van der Waals surface area contributed by atoms with Gasteiger partial charge in [0.2, 0.25) is 0 Å². The average Bonchev–Trinajstić information content (AvgIpc) is 2.40. The van der Waals surface area contributed by atoms with Crippen molar-refractivity contribution in [3.8, 4) is 0 Å². The fraction of sp³-hybridized carbons (Fsp3) is 0.231. The molecule has 4 nitrogen and oxygen atoms in total.